The van der Waals surface area contributed by atoms with E-state index in [1.54, 1.807) is 6.07 Å². The average molecular weight is 264 g/mol. The zero-order valence-corrected chi connectivity index (χ0v) is 11.3. The number of benzene rings is 1. The molecule has 0 aliphatic carbocycles. The molecule has 1 N–H and O–H groups in total. The molecule has 104 valence electrons. The van der Waals surface area contributed by atoms with Crippen molar-refractivity contribution in [3.63, 3.8) is 0 Å². The zero-order valence-electron chi connectivity index (χ0n) is 11.3. The molecule has 0 saturated carbocycles. The van der Waals surface area contributed by atoms with Crippen LogP contribution in [0.25, 0.3) is 0 Å². The number of aliphatic hydroxyl groups excluding tert-OH is 1. The van der Waals surface area contributed by atoms with Crippen LogP contribution in [0.3, 0.4) is 0 Å². The molecule has 2 fully saturated rings. The smallest absolute Gasteiger partial charge is 0.146 e. The van der Waals surface area contributed by atoms with Gasteiger partial charge in [-0.05, 0) is 32.4 Å². The maximum atomic E-state index is 14.1. The van der Waals surface area contributed by atoms with Gasteiger partial charge < -0.3 is 10.0 Å². The molecular formula is C15H21FN2O. The van der Waals surface area contributed by atoms with E-state index in [1.165, 1.54) is 18.9 Å². The summed E-state index contributed by atoms with van der Waals surface area (Å²) in [5.41, 5.74) is 1.30. The molecule has 2 unspecified atom stereocenters. The van der Waals surface area contributed by atoms with Crippen LogP contribution in [0.2, 0.25) is 0 Å². The number of likely N-dealkylation sites (N-methyl/N-ethyl adjacent to an activating group) is 1. The molecule has 4 heteroatoms. The van der Waals surface area contributed by atoms with Gasteiger partial charge in [0.2, 0.25) is 0 Å². The maximum Gasteiger partial charge on any atom is 0.146 e. The number of rotatable bonds is 2. The molecule has 2 saturated heterocycles. The molecule has 0 amide bonds. The molecule has 1 aromatic carbocycles. The highest BCUT2D eigenvalue weighted by Crippen LogP contribution is 2.33. The minimum atomic E-state index is -0.216. The van der Waals surface area contributed by atoms with Gasteiger partial charge in [-0.3, -0.25) is 4.90 Å². The summed E-state index contributed by atoms with van der Waals surface area (Å²) >= 11 is 0. The van der Waals surface area contributed by atoms with E-state index in [-0.39, 0.29) is 12.4 Å². The summed E-state index contributed by atoms with van der Waals surface area (Å²) in [4.78, 5) is 4.57. The van der Waals surface area contributed by atoms with E-state index in [1.807, 2.05) is 6.07 Å². The largest absolute Gasteiger partial charge is 0.392 e. The lowest BCUT2D eigenvalue weighted by molar-refractivity contribution is 0.254. The Labute approximate surface area is 113 Å². The lowest BCUT2D eigenvalue weighted by atomic mass is 10.1. The molecule has 19 heavy (non-hydrogen) atoms. The van der Waals surface area contributed by atoms with Gasteiger partial charge in [0.1, 0.15) is 5.82 Å². The van der Waals surface area contributed by atoms with Gasteiger partial charge in [-0.1, -0.05) is 12.1 Å². The highest BCUT2D eigenvalue weighted by atomic mass is 19.1. The van der Waals surface area contributed by atoms with E-state index in [2.05, 4.69) is 16.8 Å². The van der Waals surface area contributed by atoms with Crippen LogP contribution >= 0.6 is 0 Å². The lowest BCUT2D eigenvalue weighted by Gasteiger charge is -2.29. The number of nitrogens with zero attached hydrogens (tertiary/aromatic N) is 2. The number of halogens is 1. The van der Waals surface area contributed by atoms with Crippen LogP contribution in [0, 0.1) is 5.82 Å². The van der Waals surface area contributed by atoms with E-state index >= 15 is 0 Å². The summed E-state index contributed by atoms with van der Waals surface area (Å²) < 4.78 is 14.1. The van der Waals surface area contributed by atoms with Gasteiger partial charge in [-0.2, -0.15) is 0 Å². The normalized spacial score (nSPS) is 27.6. The van der Waals surface area contributed by atoms with E-state index < -0.39 is 0 Å². The number of anilines is 1. The molecule has 2 atom stereocenters. The molecule has 2 heterocycles. The van der Waals surface area contributed by atoms with Crippen molar-refractivity contribution < 1.29 is 9.50 Å². The topological polar surface area (TPSA) is 26.7 Å². The Morgan fingerprint density at radius 2 is 2.05 bits per heavy atom. The first-order valence-corrected chi connectivity index (χ1v) is 7.06. The summed E-state index contributed by atoms with van der Waals surface area (Å²) in [6.45, 7) is 1.63. The number of aliphatic hydroxyl groups is 1. The van der Waals surface area contributed by atoms with Crippen LogP contribution in [0.15, 0.2) is 18.2 Å². The fourth-order valence-electron chi connectivity index (χ4n) is 3.55. The van der Waals surface area contributed by atoms with Gasteiger partial charge in [0, 0.05) is 30.7 Å². The van der Waals surface area contributed by atoms with Crippen LogP contribution in [0.1, 0.15) is 24.8 Å². The Balaban J connectivity index is 1.91. The van der Waals surface area contributed by atoms with Gasteiger partial charge in [0.15, 0.2) is 0 Å². The van der Waals surface area contributed by atoms with Crippen molar-refractivity contribution >= 4 is 5.69 Å². The van der Waals surface area contributed by atoms with E-state index in [0.29, 0.717) is 23.3 Å². The minimum Gasteiger partial charge on any atom is -0.392 e. The standard InChI is InChI=1S/C15H21FN2O/c1-17-12-5-6-13(17)9-18(8-7-12)15-11(10-19)3-2-4-14(15)16/h2-4,12-13,19H,5-10H2,1H3. The quantitative estimate of drug-likeness (QED) is 0.885. The van der Waals surface area contributed by atoms with Crippen LogP contribution in [0.5, 0.6) is 0 Å². The molecule has 0 radical (unpaired) electrons. The van der Waals surface area contributed by atoms with Crippen LogP contribution in [0.4, 0.5) is 10.1 Å². The predicted molar refractivity (Wildman–Crippen MR) is 73.7 cm³/mol. The fourth-order valence-corrected chi connectivity index (χ4v) is 3.55. The van der Waals surface area contributed by atoms with Crippen LogP contribution in [-0.4, -0.2) is 42.2 Å². The number of hydrogen-bond acceptors (Lipinski definition) is 3. The Morgan fingerprint density at radius 1 is 1.26 bits per heavy atom. The summed E-state index contributed by atoms with van der Waals surface area (Å²) in [5, 5.41) is 9.42. The maximum absolute atomic E-state index is 14.1. The fraction of sp³-hybridized carbons (Fsp3) is 0.600. The third-order valence-corrected chi connectivity index (χ3v) is 4.71. The van der Waals surface area contributed by atoms with Crippen molar-refractivity contribution in [2.75, 3.05) is 25.0 Å². The number of hydrogen-bond donors (Lipinski definition) is 1. The van der Waals surface area contributed by atoms with Crippen LogP contribution < -0.4 is 4.90 Å². The number of fused-ring (bicyclic) bond motifs is 2. The molecule has 3 nitrogen and oxygen atoms in total. The highest BCUT2D eigenvalue weighted by Gasteiger charge is 2.35. The summed E-state index contributed by atoms with van der Waals surface area (Å²) in [6, 6.07) is 6.12. The Kier molecular flexibility index (Phi) is 3.46. The first kappa shape index (κ1) is 12.9. The monoisotopic (exact) mass is 264 g/mol. The predicted octanol–water partition coefficient (Wildman–Crippen LogP) is 1.99. The second kappa shape index (κ2) is 5.10. The second-order valence-corrected chi connectivity index (χ2v) is 5.69. The summed E-state index contributed by atoms with van der Waals surface area (Å²) in [6.07, 6.45) is 3.53. The van der Waals surface area contributed by atoms with Gasteiger partial charge >= 0.3 is 0 Å². The van der Waals surface area contributed by atoms with Gasteiger partial charge in [-0.15, -0.1) is 0 Å². The van der Waals surface area contributed by atoms with Crippen molar-refractivity contribution in [3.8, 4) is 0 Å². The van der Waals surface area contributed by atoms with Crippen molar-refractivity contribution in [3.05, 3.63) is 29.6 Å². The third-order valence-electron chi connectivity index (χ3n) is 4.71. The van der Waals surface area contributed by atoms with Gasteiger partial charge in [0.25, 0.3) is 0 Å². The Bertz CT molecular complexity index is 465. The molecule has 2 aliphatic rings. The molecular weight excluding hydrogens is 243 g/mol. The lowest BCUT2D eigenvalue weighted by Crippen LogP contribution is -2.37. The Morgan fingerprint density at radius 3 is 2.84 bits per heavy atom. The molecule has 1 aromatic rings. The minimum absolute atomic E-state index is 0.104. The third kappa shape index (κ3) is 2.23. The molecule has 0 spiro atoms. The molecule has 2 aliphatic heterocycles. The Hall–Kier alpha value is -1.13. The van der Waals surface area contributed by atoms with E-state index in [0.717, 1.165) is 19.5 Å². The van der Waals surface area contributed by atoms with Gasteiger partial charge in [-0.25, -0.2) is 4.39 Å². The van der Waals surface area contributed by atoms with Gasteiger partial charge in [0.05, 0.1) is 12.3 Å². The van der Waals surface area contributed by atoms with Crippen molar-refractivity contribution in [2.24, 2.45) is 0 Å². The summed E-state index contributed by atoms with van der Waals surface area (Å²) in [7, 11) is 2.18. The summed E-state index contributed by atoms with van der Waals surface area (Å²) in [5.74, 6) is -0.216. The van der Waals surface area contributed by atoms with Crippen molar-refractivity contribution in [1.82, 2.24) is 4.90 Å². The molecule has 2 bridgehead atoms. The molecule has 0 aromatic heterocycles. The molecule has 3 rings (SSSR count). The second-order valence-electron chi connectivity index (χ2n) is 5.69. The first-order chi connectivity index (χ1) is 9.20. The SMILES string of the molecule is CN1C2CCC1CN(c1c(F)cccc1CO)CC2. The van der Waals surface area contributed by atoms with Crippen LogP contribution in [-0.2, 0) is 6.61 Å². The average Bonchev–Trinajstić information content (AvgIpc) is 2.64. The van der Waals surface area contributed by atoms with E-state index in [4.69, 9.17) is 0 Å². The zero-order chi connectivity index (χ0) is 13.4. The number of para-hydroxylation sites is 1. The van der Waals surface area contributed by atoms with Crippen molar-refractivity contribution in [2.45, 2.75) is 38.0 Å². The first-order valence-electron chi connectivity index (χ1n) is 7.06. The highest BCUT2D eigenvalue weighted by molar-refractivity contribution is 5.55. The van der Waals surface area contributed by atoms with Crippen molar-refractivity contribution in [1.29, 1.82) is 0 Å². The van der Waals surface area contributed by atoms with E-state index in [9.17, 15) is 9.50 Å².